The fraction of sp³-hybridized carbons (Fsp3) is 0.407. The van der Waals surface area contributed by atoms with Gasteiger partial charge in [0.1, 0.15) is 0 Å². The molecule has 4 rings (SSSR count). The number of aliphatic hydroxyl groups excluding tert-OH is 1. The fourth-order valence-electron chi connectivity index (χ4n) is 4.62. The number of fused-ring (bicyclic) bond motifs is 1. The van der Waals surface area contributed by atoms with E-state index in [1.54, 1.807) is 0 Å². The normalized spacial score (nSPS) is 12.5. The second-order valence-electron chi connectivity index (χ2n) is 9.01. The summed E-state index contributed by atoms with van der Waals surface area (Å²) in [4.78, 5) is 18.3. The summed E-state index contributed by atoms with van der Waals surface area (Å²) in [5.74, 6) is 0.800. The van der Waals surface area contributed by atoms with Gasteiger partial charge in [0.25, 0.3) is 5.56 Å². The summed E-state index contributed by atoms with van der Waals surface area (Å²) < 4.78 is 1.88. The number of benzene rings is 2. The summed E-state index contributed by atoms with van der Waals surface area (Å²) in [6.07, 6.45) is 3.23. The highest BCUT2D eigenvalue weighted by Crippen LogP contribution is 2.26. The van der Waals surface area contributed by atoms with E-state index in [1.807, 2.05) is 54.1 Å². The molecule has 0 saturated heterocycles. The molecule has 0 amide bonds. The Morgan fingerprint density at radius 3 is 2.74 bits per heavy atom. The number of aliphatic hydroxyl groups is 1. The lowest BCUT2D eigenvalue weighted by atomic mass is 10.1. The fourth-order valence-corrected chi connectivity index (χ4v) is 4.62. The molecule has 2 aromatic carbocycles. The van der Waals surface area contributed by atoms with Gasteiger partial charge in [0, 0.05) is 31.8 Å². The number of tetrazole rings is 1. The number of hydrogen-bond donors (Lipinski definition) is 2. The first-order chi connectivity index (χ1) is 17.1. The Hall–Kier alpha value is -3.36. The van der Waals surface area contributed by atoms with Crippen LogP contribution in [0.5, 0.6) is 0 Å². The van der Waals surface area contributed by atoms with Crippen molar-refractivity contribution < 1.29 is 5.11 Å². The molecule has 0 unspecified atom stereocenters. The van der Waals surface area contributed by atoms with Gasteiger partial charge in [0.05, 0.1) is 11.6 Å². The summed E-state index contributed by atoms with van der Waals surface area (Å²) in [6.45, 7) is 5.99. The van der Waals surface area contributed by atoms with E-state index in [0.29, 0.717) is 31.6 Å². The van der Waals surface area contributed by atoms with Crippen molar-refractivity contribution in [3.63, 3.8) is 0 Å². The van der Waals surface area contributed by atoms with E-state index in [4.69, 9.17) is 0 Å². The molecule has 184 valence electrons. The molecule has 0 aliphatic heterocycles. The summed E-state index contributed by atoms with van der Waals surface area (Å²) in [5, 5.41) is 23.3. The molecule has 2 N–H and O–H groups in total. The van der Waals surface area contributed by atoms with Crippen LogP contribution in [0.1, 0.15) is 54.7 Å². The van der Waals surface area contributed by atoms with Gasteiger partial charge in [0.15, 0.2) is 5.82 Å². The first-order valence-electron chi connectivity index (χ1n) is 12.4. The number of aromatic amines is 1. The second-order valence-corrected chi connectivity index (χ2v) is 9.01. The first kappa shape index (κ1) is 24.8. The Morgan fingerprint density at radius 1 is 1.14 bits per heavy atom. The van der Waals surface area contributed by atoms with Crippen LogP contribution < -0.4 is 5.56 Å². The Balaban J connectivity index is 1.63. The molecule has 35 heavy (non-hydrogen) atoms. The van der Waals surface area contributed by atoms with Crippen molar-refractivity contribution in [3.8, 4) is 0 Å². The number of para-hydroxylation sites is 1. The summed E-state index contributed by atoms with van der Waals surface area (Å²) in [5.41, 5.74) is 3.77. The minimum absolute atomic E-state index is 0.0649. The van der Waals surface area contributed by atoms with Crippen LogP contribution in [0, 0.1) is 6.92 Å². The van der Waals surface area contributed by atoms with Crippen molar-refractivity contribution in [2.75, 3.05) is 13.2 Å². The number of aromatic nitrogens is 5. The number of nitrogens with one attached hydrogen (secondary N) is 1. The zero-order chi connectivity index (χ0) is 24.6. The molecule has 0 saturated carbocycles. The Kier molecular flexibility index (Phi) is 8.39. The van der Waals surface area contributed by atoms with Gasteiger partial charge in [-0.15, -0.1) is 5.10 Å². The highest BCUT2D eigenvalue weighted by molar-refractivity contribution is 5.81. The van der Waals surface area contributed by atoms with Gasteiger partial charge < -0.3 is 10.1 Å². The van der Waals surface area contributed by atoms with Crippen LogP contribution in [0.25, 0.3) is 10.9 Å². The monoisotopic (exact) mass is 474 g/mol. The van der Waals surface area contributed by atoms with E-state index in [9.17, 15) is 9.90 Å². The molecule has 2 heterocycles. The van der Waals surface area contributed by atoms with Crippen LogP contribution >= 0.6 is 0 Å². The number of nitrogens with zero attached hydrogens (tertiary/aromatic N) is 5. The number of pyridine rings is 1. The van der Waals surface area contributed by atoms with Crippen molar-refractivity contribution in [1.82, 2.24) is 30.1 Å². The van der Waals surface area contributed by atoms with E-state index in [1.165, 1.54) is 5.56 Å². The van der Waals surface area contributed by atoms with Crippen molar-refractivity contribution in [3.05, 3.63) is 87.5 Å². The van der Waals surface area contributed by atoms with Gasteiger partial charge in [-0.25, -0.2) is 4.68 Å². The SMILES string of the molecule is CCC[C@@H](c1nnnn1CCc1ccccc1)N(CCCO)Cc1cc2cccc(C)c2[nH]c1=O. The van der Waals surface area contributed by atoms with Crippen molar-refractivity contribution in [1.29, 1.82) is 0 Å². The third-order valence-corrected chi connectivity index (χ3v) is 6.46. The molecular weight excluding hydrogens is 440 g/mol. The smallest absolute Gasteiger partial charge is 0.252 e. The maximum Gasteiger partial charge on any atom is 0.252 e. The molecule has 1 atom stereocenters. The summed E-state index contributed by atoms with van der Waals surface area (Å²) >= 11 is 0. The zero-order valence-electron chi connectivity index (χ0n) is 20.5. The maximum absolute atomic E-state index is 13.0. The minimum Gasteiger partial charge on any atom is -0.396 e. The van der Waals surface area contributed by atoms with Crippen LogP contribution in [0.4, 0.5) is 0 Å². The van der Waals surface area contributed by atoms with Crippen LogP contribution in [0.15, 0.2) is 59.4 Å². The van der Waals surface area contributed by atoms with E-state index in [2.05, 4.69) is 44.5 Å². The Morgan fingerprint density at radius 2 is 1.97 bits per heavy atom. The predicted octanol–water partition coefficient (Wildman–Crippen LogP) is 3.79. The second kappa shape index (κ2) is 11.9. The van der Waals surface area contributed by atoms with Crippen LogP contribution in [-0.2, 0) is 19.5 Å². The molecule has 0 spiro atoms. The molecule has 0 fully saturated rings. The molecule has 8 heteroatoms. The van der Waals surface area contributed by atoms with Gasteiger partial charge in [-0.05, 0) is 59.2 Å². The molecule has 0 radical (unpaired) electrons. The molecule has 0 bridgehead atoms. The lowest BCUT2D eigenvalue weighted by Crippen LogP contribution is -2.34. The molecule has 8 nitrogen and oxygen atoms in total. The molecule has 0 aliphatic rings. The third-order valence-electron chi connectivity index (χ3n) is 6.46. The Bertz CT molecular complexity index is 1280. The topological polar surface area (TPSA) is 99.9 Å². The first-order valence-corrected chi connectivity index (χ1v) is 12.4. The average Bonchev–Trinajstić information content (AvgIpc) is 3.34. The number of aryl methyl sites for hydroxylation is 3. The van der Waals surface area contributed by atoms with Gasteiger partial charge in [-0.2, -0.15) is 0 Å². The highest BCUT2D eigenvalue weighted by atomic mass is 16.3. The molecule has 0 aliphatic carbocycles. The van der Waals surface area contributed by atoms with E-state index in [0.717, 1.165) is 41.6 Å². The van der Waals surface area contributed by atoms with E-state index >= 15 is 0 Å². The van der Waals surface area contributed by atoms with Crippen LogP contribution in [0.3, 0.4) is 0 Å². The van der Waals surface area contributed by atoms with Crippen molar-refractivity contribution in [2.45, 2.75) is 58.7 Å². The largest absolute Gasteiger partial charge is 0.396 e. The van der Waals surface area contributed by atoms with Crippen LogP contribution in [0.2, 0.25) is 0 Å². The zero-order valence-corrected chi connectivity index (χ0v) is 20.5. The highest BCUT2D eigenvalue weighted by Gasteiger charge is 2.26. The van der Waals surface area contributed by atoms with Crippen LogP contribution in [-0.4, -0.2) is 48.3 Å². The van der Waals surface area contributed by atoms with Gasteiger partial charge in [0.2, 0.25) is 0 Å². The van der Waals surface area contributed by atoms with Gasteiger partial charge in [-0.3, -0.25) is 9.69 Å². The predicted molar refractivity (Wildman–Crippen MR) is 137 cm³/mol. The van der Waals surface area contributed by atoms with Gasteiger partial charge >= 0.3 is 0 Å². The standard InChI is InChI=1S/C27H34N6O2/c1-3-9-24(26-29-30-31-33(26)16-14-21-11-5-4-6-12-21)32(15-8-17-34)19-23-18-22-13-7-10-20(2)25(22)28-27(23)35/h4-7,10-13,18,24,34H,3,8-9,14-17,19H2,1-2H3,(H,28,35)/t24-/m0/s1. The van der Waals surface area contributed by atoms with Gasteiger partial charge in [-0.1, -0.05) is 61.9 Å². The maximum atomic E-state index is 13.0. The van der Waals surface area contributed by atoms with E-state index < -0.39 is 0 Å². The number of hydrogen-bond acceptors (Lipinski definition) is 6. The third kappa shape index (κ3) is 6.01. The van der Waals surface area contributed by atoms with Crippen molar-refractivity contribution in [2.24, 2.45) is 0 Å². The van der Waals surface area contributed by atoms with Crippen molar-refractivity contribution >= 4 is 10.9 Å². The lowest BCUT2D eigenvalue weighted by Gasteiger charge is -2.30. The molecule has 2 aromatic heterocycles. The minimum atomic E-state index is -0.0836. The number of rotatable bonds is 12. The lowest BCUT2D eigenvalue weighted by molar-refractivity contribution is 0.147. The Labute approximate surface area is 205 Å². The average molecular weight is 475 g/mol. The quantitative estimate of drug-likeness (QED) is 0.324. The number of H-pyrrole nitrogens is 1. The summed E-state index contributed by atoms with van der Waals surface area (Å²) in [6, 6.07) is 18.2. The summed E-state index contributed by atoms with van der Waals surface area (Å²) in [7, 11) is 0. The molecular formula is C27H34N6O2. The van der Waals surface area contributed by atoms with E-state index in [-0.39, 0.29) is 18.2 Å². The molecule has 4 aromatic rings.